The molecule has 4 heteroatoms. The highest BCUT2D eigenvalue weighted by Crippen LogP contribution is 1.96. The van der Waals surface area contributed by atoms with Gasteiger partial charge in [0.15, 0.2) is 0 Å². The van der Waals surface area contributed by atoms with Crippen LogP contribution in [0, 0.1) is 0 Å². The van der Waals surface area contributed by atoms with E-state index >= 15 is 0 Å². The number of ether oxygens (including phenoxy) is 1. The number of aromatic amines is 1. The monoisotopic (exact) mass is 169 g/mol. The van der Waals surface area contributed by atoms with E-state index in [-0.39, 0.29) is 5.97 Å². The minimum absolute atomic E-state index is 0.174. The SMILES string of the molecule is COC(=O)CCc1c[n+](C)c[nH]1. The van der Waals surface area contributed by atoms with Crippen molar-refractivity contribution in [1.82, 2.24) is 4.98 Å². The summed E-state index contributed by atoms with van der Waals surface area (Å²) in [5, 5.41) is 0. The Labute approximate surface area is 71.2 Å². The third-order valence-electron chi connectivity index (χ3n) is 1.64. The predicted octanol–water partition coefficient (Wildman–Crippen LogP) is -0.0552. The zero-order valence-electron chi connectivity index (χ0n) is 7.33. The maximum absolute atomic E-state index is 10.7. The van der Waals surface area contributed by atoms with Gasteiger partial charge in [-0.25, -0.2) is 9.55 Å². The molecule has 0 radical (unpaired) electrons. The van der Waals surface area contributed by atoms with Crippen LogP contribution in [0.15, 0.2) is 12.5 Å². The standard InChI is InChI=1S/C8H12N2O2/c1-10-5-7(9-6-10)3-4-8(11)12-2/h5-6H,3-4H2,1-2H3/p+1. The molecule has 0 amide bonds. The fraction of sp³-hybridized carbons (Fsp3) is 0.500. The fourth-order valence-electron chi connectivity index (χ4n) is 0.981. The number of carbonyl (C=O) groups is 1. The van der Waals surface area contributed by atoms with Gasteiger partial charge in [-0.3, -0.25) is 4.79 Å². The predicted molar refractivity (Wildman–Crippen MR) is 42.3 cm³/mol. The molecule has 4 nitrogen and oxygen atoms in total. The molecule has 1 aromatic heterocycles. The summed E-state index contributed by atoms with van der Waals surface area (Å²) >= 11 is 0. The Hall–Kier alpha value is -1.32. The van der Waals surface area contributed by atoms with Crippen LogP contribution in [0.1, 0.15) is 12.1 Å². The summed E-state index contributed by atoms with van der Waals surface area (Å²) in [6.45, 7) is 0. The van der Waals surface area contributed by atoms with Crippen molar-refractivity contribution in [3.63, 3.8) is 0 Å². The first-order valence-corrected chi connectivity index (χ1v) is 3.81. The van der Waals surface area contributed by atoms with Gasteiger partial charge in [-0.15, -0.1) is 0 Å². The van der Waals surface area contributed by atoms with Crippen LogP contribution in [0.4, 0.5) is 0 Å². The van der Waals surface area contributed by atoms with Gasteiger partial charge >= 0.3 is 5.97 Å². The molecule has 0 aromatic carbocycles. The number of aryl methyl sites for hydroxylation is 2. The lowest BCUT2D eigenvalue weighted by Crippen LogP contribution is -2.23. The van der Waals surface area contributed by atoms with E-state index in [0.29, 0.717) is 12.8 Å². The number of hydrogen-bond acceptors (Lipinski definition) is 2. The third-order valence-corrected chi connectivity index (χ3v) is 1.64. The van der Waals surface area contributed by atoms with Crippen molar-refractivity contribution in [2.45, 2.75) is 12.8 Å². The molecule has 0 fully saturated rings. The van der Waals surface area contributed by atoms with Gasteiger partial charge < -0.3 is 4.74 Å². The normalized spacial score (nSPS) is 9.83. The van der Waals surface area contributed by atoms with Crippen LogP contribution in [0.5, 0.6) is 0 Å². The van der Waals surface area contributed by atoms with E-state index in [1.807, 2.05) is 24.1 Å². The molecule has 0 unspecified atom stereocenters. The zero-order valence-corrected chi connectivity index (χ0v) is 7.33. The number of H-pyrrole nitrogens is 1. The van der Waals surface area contributed by atoms with E-state index in [0.717, 1.165) is 5.69 Å². The summed E-state index contributed by atoms with van der Waals surface area (Å²) in [5.74, 6) is -0.174. The van der Waals surface area contributed by atoms with Crippen LogP contribution < -0.4 is 4.57 Å². The van der Waals surface area contributed by atoms with Gasteiger partial charge in [0.25, 0.3) is 0 Å². The molecular formula is C8H13N2O2+. The van der Waals surface area contributed by atoms with Crippen LogP contribution in [-0.4, -0.2) is 18.1 Å². The average molecular weight is 169 g/mol. The Kier molecular flexibility index (Phi) is 2.85. The second kappa shape index (κ2) is 3.90. The fourth-order valence-corrected chi connectivity index (χ4v) is 0.981. The number of imidazole rings is 1. The van der Waals surface area contributed by atoms with Gasteiger partial charge in [0.2, 0.25) is 6.33 Å². The van der Waals surface area contributed by atoms with Crippen molar-refractivity contribution in [3.8, 4) is 0 Å². The van der Waals surface area contributed by atoms with E-state index in [4.69, 9.17) is 0 Å². The van der Waals surface area contributed by atoms with Crippen LogP contribution in [0.25, 0.3) is 0 Å². The number of hydrogen-bond donors (Lipinski definition) is 1. The Balaban J connectivity index is 2.38. The summed E-state index contributed by atoms with van der Waals surface area (Å²) in [6, 6.07) is 0. The Bertz CT molecular complexity index is 268. The first-order chi connectivity index (χ1) is 5.72. The zero-order chi connectivity index (χ0) is 8.97. The largest absolute Gasteiger partial charge is 0.469 e. The summed E-state index contributed by atoms with van der Waals surface area (Å²) < 4.78 is 6.43. The second-order valence-corrected chi connectivity index (χ2v) is 2.67. The number of aromatic nitrogens is 2. The summed E-state index contributed by atoms with van der Waals surface area (Å²) in [4.78, 5) is 13.8. The van der Waals surface area contributed by atoms with Crippen LogP contribution >= 0.6 is 0 Å². The lowest BCUT2D eigenvalue weighted by atomic mass is 10.2. The molecule has 0 spiro atoms. The maximum Gasteiger partial charge on any atom is 0.305 e. The Morgan fingerprint density at radius 3 is 3.00 bits per heavy atom. The van der Waals surface area contributed by atoms with Crippen molar-refractivity contribution < 1.29 is 14.1 Å². The van der Waals surface area contributed by atoms with Gasteiger partial charge in [0, 0.05) is 6.42 Å². The van der Waals surface area contributed by atoms with E-state index in [2.05, 4.69) is 9.72 Å². The van der Waals surface area contributed by atoms with E-state index in [9.17, 15) is 4.79 Å². The number of methoxy groups -OCH3 is 1. The number of esters is 1. The van der Waals surface area contributed by atoms with Crippen LogP contribution in [-0.2, 0) is 23.0 Å². The van der Waals surface area contributed by atoms with Crippen molar-refractivity contribution >= 4 is 5.97 Å². The summed E-state index contributed by atoms with van der Waals surface area (Å²) in [6.07, 6.45) is 4.92. The minimum Gasteiger partial charge on any atom is -0.469 e. The van der Waals surface area contributed by atoms with E-state index in [1.165, 1.54) is 7.11 Å². The third kappa shape index (κ3) is 2.38. The summed E-state index contributed by atoms with van der Waals surface area (Å²) in [7, 11) is 3.33. The summed E-state index contributed by atoms with van der Waals surface area (Å²) in [5.41, 5.74) is 1.04. The number of rotatable bonds is 3. The van der Waals surface area contributed by atoms with Crippen LogP contribution in [0.2, 0.25) is 0 Å². The molecular weight excluding hydrogens is 156 g/mol. The molecule has 0 aliphatic heterocycles. The maximum atomic E-state index is 10.7. The quantitative estimate of drug-likeness (QED) is 0.509. The van der Waals surface area contributed by atoms with Gasteiger partial charge in [0.05, 0.1) is 20.6 Å². The molecule has 0 aliphatic rings. The molecule has 1 rings (SSSR count). The second-order valence-electron chi connectivity index (χ2n) is 2.67. The minimum atomic E-state index is -0.174. The molecule has 0 saturated heterocycles. The van der Waals surface area contributed by atoms with Gasteiger partial charge in [-0.05, 0) is 0 Å². The van der Waals surface area contributed by atoms with Crippen molar-refractivity contribution in [2.24, 2.45) is 7.05 Å². The Morgan fingerprint density at radius 2 is 2.50 bits per heavy atom. The first-order valence-electron chi connectivity index (χ1n) is 3.81. The van der Waals surface area contributed by atoms with Crippen molar-refractivity contribution in [2.75, 3.05) is 7.11 Å². The smallest absolute Gasteiger partial charge is 0.305 e. The van der Waals surface area contributed by atoms with Gasteiger partial charge in [-0.2, -0.15) is 0 Å². The molecule has 0 bridgehead atoms. The molecule has 12 heavy (non-hydrogen) atoms. The number of carbonyl (C=O) groups excluding carboxylic acids is 1. The van der Waals surface area contributed by atoms with E-state index in [1.54, 1.807) is 0 Å². The highest BCUT2D eigenvalue weighted by Gasteiger charge is 2.05. The Morgan fingerprint density at radius 1 is 1.75 bits per heavy atom. The van der Waals surface area contributed by atoms with Gasteiger partial charge in [-0.1, -0.05) is 0 Å². The molecule has 1 N–H and O–H groups in total. The topological polar surface area (TPSA) is 46.0 Å². The number of nitrogens with one attached hydrogen (secondary N) is 1. The molecule has 0 aliphatic carbocycles. The highest BCUT2D eigenvalue weighted by atomic mass is 16.5. The number of nitrogens with zero attached hydrogens (tertiary/aromatic N) is 1. The molecule has 1 aromatic rings. The highest BCUT2D eigenvalue weighted by molar-refractivity contribution is 5.69. The molecule has 66 valence electrons. The van der Waals surface area contributed by atoms with E-state index < -0.39 is 0 Å². The van der Waals surface area contributed by atoms with Crippen LogP contribution in [0.3, 0.4) is 0 Å². The van der Waals surface area contributed by atoms with Crippen molar-refractivity contribution in [1.29, 1.82) is 0 Å². The molecule has 0 saturated carbocycles. The molecule has 0 atom stereocenters. The lowest BCUT2D eigenvalue weighted by molar-refractivity contribution is -0.670. The first kappa shape index (κ1) is 8.77. The lowest BCUT2D eigenvalue weighted by Gasteiger charge is -1.93. The van der Waals surface area contributed by atoms with Gasteiger partial charge in [0.1, 0.15) is 11.9 Å². The molecule has 1 heterocycles. The van der Waals surface area contributed by atoms with Crippen molar-refractivity contribution in [3.05, 3.63) is 18.2 Å². The average Bonchev–Trinajstić information content (AvgIpc) is 2.47.